The Morgan fingerprint density at radius 3 is 3.21 bits per heavy atom. The van der Waals surface area contributed by atoms with E-state index in [1.165, 1.54) is 0 Å². The molecule has 0 bridgehead atoms. The molecule has 2 heterocycles. The van der Waals surface area contributed by atoms with E-state index in [1.54, 1.807) is 11.0 Å². The van der Waals surface area contributed by atoms with Crippen LogP contribution in [0, 0.1) is 0 Å². The minimum atomic E-state index is 0.232. The lowest BCUT2D eigenvalue weighted by Gasteiger charge is -2.07. The highest BCUT2D eigenvalue weighted by atomic mass is 32.1. The fourth-order valence-corrected chi connectivity index (χ4v) is 1.59. The SMILES string of the molecule is NC(=S)c1ncn(CC2CCCO2)n1. The molecule has 0 amide bonds. The van der Waals surface area contributed by atoms with Gasteiger partial charge in [-0.3, -0.25) is 0 Å². The molecule has 1 aromatic rings. The van der Waals surface area contributed by atoms with Crippen molar-refractivity contribution >= 4 is 17.2 Å². The van der Waals surface area contributed by atoms with Crippen molar-refractivity contribution in [3.63, 3.8) is 0 Å². The highest BCUT2D eigenvalue weighted by Crippen LogP contribution is 2.13. The third kappa shape index (κ3) is 2.08. The van der Waals surface area contributed by atoms with Crippen LogP contribution >= 0.6 is 12.2 Å². The summed E-state index contributed by atoms with van der Waals surface area (Å²) >= 11 is 4.77. The molecule has 1 aromatic heterocycles. The van der Waals surface area contributed by atoms with E-state index in [-0.39, 0.29) is 11.1 Å². The maximum Gasteiger partial charge on any atom is 0.208 e. The molecule has 1 aliphatic rings. The van der Waals surface area contributed by atoms with Gasteiger partial charge in [-0.2, -0.15) is 0 Å². The molecule has 0 aliphatic carbocycles. The second-order valence-corrected chi connectivity index (χ2v) is 3.73. The van der Waals surface area contributed by atoms with Gasteiger partial charge in [0.15, 0.2) is 0 Å². The van der Waals surface area contributed by atoms with E-state index in [9.17, 15) is 0 Å². The number of nitrogens with two attached hydrogens (primary N) is 1. The number of hydrogen-bond donors (Lipinski definition) is 1. The lowest BCUT2D eigenvalue weighted by molar-refractivity contribution is 0.0939. The predicted molar refractivity (Wildman–Crippen MR) is 54.9 cm³/mol. The van der Waals surface area contributed by atoms with E-state index < -0.39 is 0 Å². The molecule has 1 atom stereocenters. The van der Waals surface area contributed by atoms with Crippen LogP contribution in [0.2, 0.25) is 0 Å². The lowest BCUT2D eigenvalue weighted by atomic mass is 10.2. The zero-order valence-electron chi connectivity index (χ0n) is 7.72. The highest BCUT2D eigenvalue weighted by Gasteiger charge is 2.16. The summed E-state index contributed by atoms with van der Waals surface area (Å²) in [6.07, 6.45) is 4.11. The van der Waals surface area contributed by atoms with E-state index >= 15 is 0 Å². The number of nitrogens with zero attached hydrogens (tertiary/aromatic N) is 3. The molecule has 1 aliphatic heterocycles. The average Bonchev–Trinajstić information content (AvgIpc) is 2.75. The molecule has 14 heavy (non-hydrogen) atoms. The molecular formula is C8H12N4OS. The lowest BCUT2D eigenvalue weighted by Crippen LogP contribution is -2.17. The highest BCUT2D eigenvalue weighted by molar-refractivity contribution is 7.80. The number of hydrogen-bond acceptors (Lipinski definition) is 4. The Hall–Kier alpha value is -1.01. The standard InChI is InChI=1S/C8H12N4OS/c9-7(14)8-10-5-12(11-8)4-6-2-1-3-13-6/h5-6H,1-4H2,(H2,9,14). The first-order valence-corrected chi connectivity index (χ1v) is 4.97. The summed E-state index contributed by atoms with van der Waals surface area (Å²) in [5.41, 5.74) is 5.40. The van der Waals surface area contributed by atoms with E-state index in [2.05, 4.69) is 10.1 Å². The minimum Gasteiger partial charge on any atom is -0.387 e. The van der Waals surface area contributed by atoms with Gasteiger partial charge in [0.25, 0.3) is 0 Å². The third-order valence-corrected chi connectivity index (χ3v) is 2.35. The zero-order chi connectivity index (χ0) is 9.97. The van der Waals surface area contributed by atoms with Crippen LogP contribution in [0.1, 0.15) is 18.7 Å². The number of aromatic nitrogens is 3. The van der Waals surface area contributed by atoms with Gasteiger partial charge < -0.3 is 10.5 Å². The molecule has 1 fully saturated rings. The summed E-state index contributed by atoms with van der Waals surface area (Å²) in [5.74, 6) is 0.429. The van der Waals surface area contributed by atoms with Crippen molar-refractivity contribution in [2.24, 2.45) is 5.73 Å². The van der Waals surface area contributed by atoms with Crippen LogP contribution < -0.4 is 5.73 Å². The van der Waals surface area contributed by atoms with E-state index in [0.29, 0.717) is 5.82 Å². The molecule has 1 unspecified atom stereocenters. The summed E-state index contributed by atoms with van der Waals surface area (Å²) in [6, 6.07) is 0. The Labute approximate surface area is 87.3 Å². The van der Waals surface area contributed by atoms with Crippen molar-refractivity contribution in [3.8, 4) is 0 Å². The van der Waals surface area contributed by atoms with Crippen molar-refractivity contribution in [1.29, 1.82) is 0 Å². The normalized spacial score (nSPS) is 21.3. The maximum atomic E-state index is 5.47. The van der Waals surface area contributed by atoms with Gasteiger partial charge in [-0.05, 0) is 12.8 Å². The van der Waals surface area contributed by atoms with Gasteiger partial charge in [0, 0.05) is 6.61 Å². The van der Waals surface area contributed by atoms with Crippen molar-refractivity contribution in [2.45, 2.75) is 25.5 Å². The van der Waals surface area contributed by atoms with Gasteiger partial charge >= 0.3 is 0 Å². The van der Waals surface area contributed by atoms with Crippen LogP contribution in [-0.4, -0.2) is 32.5 Å². The van der Waals surface area contributed by atoms with Crippen LogP contribution in [0.4, 0.5) is 0 Å². The second kappa shape index (κ2) is 4.02. The van der Waals surface area contributed by atoms with Crippen molar-refractivity contribution in [1.82, 2.24) is 14.8 Å². The maximum absolute atomic E-state index is 5.47. The number of ether oxygens (including phenoxy) is 1. The first kappa shape index (κ1) is 9.54. The summed E-state index contributed by atoms with van der Waals surface area (Å²) < 4.78 is 7.20. The largest absolute Gasteiger partial charge is 0.387 e. The fourth-order valence-electron chi connectivity index (χ4n) is 1.49. The molecule has 1 saturated heterocycles. The van der Waals surface area contributed by atoms with Crippen LogP contribution in [0.25, 0.3) is 0 Å². The van der Waals surface area contributed by atoms with Crippen molar-refractivity contribution in [2.75, 3.05) is 6.61 Å². The van der Waals surface area contributed by atoms with Gasteiger partial charge in [0.05, 0.1) is 12.6 Å². The fraction of sp³-hybridized carbons (Fsp3) is 0.625. The molecule has 0 aromatic carbocycles. The van der Waals surface area contributed by atoms with Gasteiger partial charge in [0.2, 0.25) is 5.82 Å². The third-order valence-electron chi connectivity index (χ3n) is 2.17. The number of thiocarbonyl (C=S) groups is 1. The Morgan fingerprint density at radius 2 is 2.64 bits per heavy atom. The summed E-state index contributed by atoms with van der Waals surface area (Å²) in [4.78, 5) is 4.22. The van der Waals surface area contributed by atoms with Crippen molar-refractivity contribution < 1.29 is 4.74 Å². The first-order valence-electron chi connectivity index (χ1n) is 4.56. The molecular weight excluding hydrogens is 200 g/mol. The monoisotopic (exact) mass is 212 g/mol. The van der Waals surface area contributed by atoms with Crippen LogP contribution in [0.15, 0.2) is 6.33 Å². The molecule has 76 valence electrons. The Kier molecular flexibility index (Phi) is 2.74. The smallest absolute Gasteiger partial charge is 0.208 e. The number of rotatable bonds is 3. The summed E-state index contributed by atoms with van der Waals surface area (Å²) in [7, 11) is 0. The topological polar surface area (TPSA) is 66.0 Å². The summed E-state index contributed by atoms with van der Waals surface area (Å²) in [6.45, 7) is 1.58. The van der Waals surface area contributed by atoms with Crippen LogP contribution in [0.3, 0.4) is 0 Å². The quantitative estimate of drug-likeness (QED) is 0.719. The Balaban J connectivity index is 1.98. The predicted octanol–water partition coefficient (Wildman–Crippen LogP) is 0.0913. The average molecular weight is 212 g/mol. The Morgan fingerprint density at radius 1 is 1.79 bits per heavy atom. The van der Waals surface area contributed by atoms with Gasteiger partial charge in [0.1, 0.15) is 11.3 Å². The molecule has 5 nitrogen and oxygen atoms in total. The van der Waals surface area contributed by atoms with E-state index in [1.807, 2.05) is 0 Å². The van der Waals surface area contributed by atoms with E-state index in [4.69, 9.17) is 22.7 Å². The molecule has 0 saturated carbocycles. The zero-order valence-corrected chi connectivity index (χ0v) is 8.54. The van der Waals surface area contributed by atoms with Gasteiger partial charge in [-0.25, -0.2) is 9.67 Å². The molecule has 2 rings (SSSR count). The first-order chi connectivity index (χ1) is 6.75. The van der Waals surface area contributed by atoms with Crippen molar-refractivity contribution in [3.05, 3.63) is 12.2 Å². The molecule has 0 radical (unpaired) electrons. The summed E-state index contributed by atoms with van der Waals surface area (Å²) in [5, 5.41) is 4.13. The van der Waals surface area contributed by atoms with Gasteiger partial charge in [-0.15, -0.1) is 5.10 Å². The molecule has 2 N–H and O–H groups in total. The molecule has 6 heteroatoms. The van der Waals surface area contributed by atoms with E-state index in [0.717, 1.165) is 26.0 Å². The second-order valence-electron chi connectivity index (χ2n) is 3.29. The Bertz CT molecular complexity index is 332. The van der Waals surface area contributed by atoms with Crippen LogP contribution in [0.5, 0.6) is 0 Å². The van der Waals surface area contributed by atoms with Gasteiger partial charge in [-0.1, -0.05) is 12.2 Å². The molecule has 0 spiro atoms. The minimum absolute atomic E-state index is 0.232. The van der Waals surface area contributed by atoms with Crippen LogP contribution in [-0.2, 0) is 11.3 Å².